The molecule has 3 aromatic rings. The third kappa shape index (κ3) is 4.68. The summed E-state index contributed by atoms with van der Waals surface area (Å²) in [6, 6.07) is 27.4. The molecule has 3 aromatic carbocycles. The van der Waals surface area contributed by atoms with Crippen molar-refractivity contribution < 1.29 is 18.9 Å². The maximum atomic E-state index is 6.13. The summed E-state index contributed by atoms with van der Waals surface area (Å²) in [4.78, 5) is 0. The van der Waals surface area contributed by atoms with Crippen molar-refractivity contribution in [2.24, 2.45) is 0 Å². The molecule has 0 spiro atoms. The predicted molar refractivity (Wildman–Crippen MR) is 117 cm³/mol. The molecule has 0 saturated carbocycles. The second-order valence-corrected chi connectivity index (χ2v) is 8.87. The lowest BCUT2D eigenvalue weighted by molar-refractivity contribution is -0.183. The summed E-state index contributed by atoms with van der Waals surface area (Å²) in [6.45, 7) is 1.54. The van der Waals surface area contributed by atoms with E-state index < -0.39 is 14.2 Å². The summed E-state index contributed by atoms with van der Waals surface area (Å²) in [5, 5.41) is 3.65. The highest BCUT2D eigenvalue weighted by Crippen LogP contribution is 2.40. The SMILES string of the molecule is COCOc1c(C2OCCCO2)cccc1P(c1ccccc1)c1ccccc1. The van der Waals surface area contributed by atoms with E-state index in [1.165, 1.54) is 10.6 Å². The molecule has 1 aliphatic heterocycles. The Bertz CT molecular complexity index is 856. The Morgan fingerprint density at radius 3 is 2.03 bits per heavy atom. The zero-order chi connectivity index (χ0) is 19.9. The monoisotopic (exact) mass is 408 g/mol. The van der Waals surface area contributed by atoms with E-state index in [0.29, 0.717) is 13.2 Å². The first kappa shape index (κ1) is 20.1. The van der Waals surface area contributed by atoms with Crippen LogP contribution in [0.4, 0.5) is 0 Å². The largest absolute Gasteiger partial charge is 0.466 e. The van der Waals surface area contributed by atoms with Gasteiger partial charge in [0.1, 0.15) is 5.75 Å². The normalized spacial score (nSPS) is 14.8. The minimum absolute atomic E-state index is 0.170. The second kappa shape index (κ2) is 10.00. The highest BCUT2D eigenvalue weighted by atomic mass is 31.1. The van der Waals surface area contributed by atoms with Crippen molar-refractivity contribution in [2.45, 2.75) is 12.7 Å². The Hall–Kier alpha value is -2.23. The maximum Gasteiger partial charge on any atom is 0.188 e. The van der Waals surface area contributed by atoms with Crippen LogP contribution in [-0.4, -0.2) is 27.1 Å². The van der Waals surface area contributed by atoms with Crippen LogP contribution in [0.1, 0.15) is 18.3 Å². The van der Waals surface area contributed by atoms with E-state index in [1.807, 2.05) is 18.2 Å². The van der Waals surface area contributed by atoms with E-state index in [2.05, 4.69) is 60.7 Å². The first-order valence-electron chi connectivity index (χ1n) is 9.76. The Morgan fingerprint density at radius 1 is 0.828 bits per heavy atom. The number of benzene rings is 3. The summed E-state index contributed by atoms with van der Waals surface area (Å²) in [6.07, 6.45) is 0.490. The Labute approximate surface area is 173 Å². The van der Waals surface area contributed by atoms with Gasteiger partial charge in [-0.15, -0.1) is 0 Å². The van der Waals surface area contributed by atoms with Gasteiger partial charge in [0.15, 0.2) is 13.1 Å². The summed E-state index contributed by atoms with van der Waals surface area (Å²) < 4.78 is 23.2. The van der Waals surface area contributed by atoms with Crippen molar-refractivity contribution in [3.05, 3.63) is 84.4 Å². The van der Waals surface area contributed by atoms with Crippen LogP contribution in [0.3, 0.4) is 0 Å². The molecule has 0 atom stereocenters. The van der Waals surface area contributed by atoms with Gasteiger partial charge in [0.05, 0.1) is 18.8 Å². The van der Waals surface area contributed by atoms with Crippen LogP contribution in [0, 0.1) is 0 Å². The number of hydrogen-bond acceptors (Lipinski definition) is 4. The lowest BCUT2D eigenvalue weighted by Crippen LogP contribution is -2.25. The smallest absolute Gasteiger partial charge is 0.188 e. The molecule has 0 N–H and O–H groups in total. The molecule has 1 aliphatic rings. The minimum Gasteiger partial charge on any atom is -0.466 e. The maximum absolute atomic E-state index is 6.13. The molecule has 0 aliphatic carbocycles. The van der Waals surface area contributed by atoms with Crippen LogP contribution in [0.15, 0.2) is 78.9 Å². The summed E-state index contributed by atoms with van der Waals surface area (Å²) in [5.74, 6) is 0.792. The minimum atomic E-state index is -0.812. The molecule has 1 heterocycles. The number of ether oxygens (including phenoxy) is 4. The van der Waals surface area contributed by atoms with E-state index in [1.54, 1.807) is 7.11 Å². The fraction of sp³-hybridized carbons (Fsp3) is 0.250. The molecule has 4 rings (SSSR count). The molecule has 0 bridgehead atoms. The van der Waals surface area contributed by atoms with Gasteiger partial charge in [0.2, 0.25) is 0 Å². The van der Waals surface area contributed by atoms with Crippen molar-refractivity contribution in [1.82, 2.24) is 0 Å². The average molecular weight is 408 g/mol. The summed E-state index contributed by atoms with van der Waals surface area (Å²) in [5.41, 5.74) is 0.915. The van der Waals surface area contributed by atoms with Crippen molar-refractivity contribution in [3.8, 4) is 5.75 Å². The Morgan fingerprint density at radius 2 is 1.45 bits per heavy atom. The van der Waals surface area contributed by atoms with Crippen LogP contribution in [0.2, 0.25) is 0 Å². The van der Waals surface area contributed by atoms with E-state index in [0.717, 1.165) is 23.0 Å². The average Bonchev–Trinajstić information content (AvgIpc) is 2.80. The predicted octanol–water partition coefficient (Wildman–Crippen LogP) is 3.86. The van der Waals surface area contributed by atoms with Crippen LogP contribution in [0.25, 0.3) is 0 Å². The van der Waals surface area contributed by atoms with Gasteiger partial charge >= 0.3 is 0 Å². The third-order valence-corrected chi connectivity index (χ3v) is 7.16. The van der Waals surface area contributed by atoms with E-state index in [4.69, 9.17) is 18.9 Å². The summed E-state index contributed by atoms with van der Waals surface area (Å²) >= 11 is 0. The number of hydrogen-bond donors (Lipinski definition) is 0. The molecular weight excluding hydrogens is 383 g/mol. The van der Waals surface area contributed by atoms with Gasteiger partial charge in [-0.05, 0) is 25.0 Å². The third-order valence-electron chi connectivity index (χ3n) is 4.70. The Balaban J connectivity index is 1.85. The fourth-order valence-electron chi connectivity index (χ4n) is 3.43. The highest BCUT2D eigenvalue weighted by Gasteiger charge is 2.27. The van der Waals surface area contributed by atoms with Crippen LogP contribution >= 0.6 is 7.92 Å². The van der Waals surface area contributed by atoms with E-state index in [9.17, 15) is 0 Å². The zero-order valence-corrected chi connectivity index (χ0v) is 17.4. The van der Waals surface area contributed by atoms with Crippen LogP contribution < -0.4 is 20.7 Å². The van der Waals surface area contributed by atoms with Crippen molar-refractivity contribution in [1.29, 1.82) is 0 Å². The van der Waals surface area contributed by atoms with Gasteiger partial charge in [0, 0.05) is 12.4 Å². The zero-order valence-electron chi connectivity index (χ0n) is 16.5. The van der Waals surface area contributed by atoms with Gasteiger partial charge in [0.25, 0.3) is 0 Å². The van der Waals surface area contributed by atoms with Gasteiger partial charge < -0.3 is 18.9 Å². The van der Waals surface area contributed by atoms with Gasteiger partial charge in [-0.3, -0.25) is 0 Å². The molecular formula is C24H25O4P. The molecule has 0 radical (unpaired) electrons. The van der Waals surface area contributed by atoms with Crippen molar-refractivity contribution >= 4 is 23.8 Å². The van der Waals surface area contributed by atoms with E-state index >= 15 is 0 Å². The quantitative estimate of drug-likeness (QED) is 0.440. The summed E-state index contributed by atoms with van der Waals surface area (Å²) in [7, 11) is 0.820. The van der Waals surface area contributed by atoms with Gasteiger partial charge in [-0.2, -0.15) is 0 Å². The Kier molecular flexibility index (Phi) is 6.91. The lowest BCUT2D eigenvalue weighted by atomic mass is 10.2. The number of para-hydroxylation sites is 1. The molecule has 0 unspecified atom stereocenters. The second-order valence-electron chi connectivity index (χ2n) is 6.68. The van der Waals surface area contributed by atoms with Crippen LogP contribution in [-0.2, 0) is 14.2 Å². The van der Waals surface area contributed by atoms with Crippen molar-refractivity contribution in [3.63, 3.8) is 0 Å². The first-order chi connectivity index (χ1) is 14.4. The standard InChI is InChI=1S/C24H25O4P/c1-25-18-28-23-21(24-26-16-9-17-27-24)14-8-15-22(23)29(19-10-4-2-5-11-19)20-12-6-3-7-13-20/h2-8,10-15,24H,9,16-18H2,1H3. The molecule has 1 fully saturated rings. The topological polar surface area (TPSA) is 36.9 Å². The molecule has 4 nitrogen and oxygen atoms in total. The van der Waals surface area contributed by atoms with Crippen molar-refractivity contribution in [2.75, 3.05) is 27.1 Å². The first-order valence-corrected chi connectivity index (χ1v) is 11.1. The number of methoxy groups -OCH3 is 1. The number of rotatable bonds is 7. The molecule has 1 saturated heterocycles. The molecule has 0 aromatic heterocycles. The van der Waals surface area contributed by atoms with E-state index in [-0.39, 0.29) is 6.79 Å². The van der Waals surface area contributed by atoms with Gasteiger partial charge in [-0.25, -0.2) is 0 Å². The molecule has 0 amide bonds. The lowest BCUT2D eigenvalue weighted by Gasteiger charge is -2.28. The highest BCUT2D eigenvalue weighted by molar-refractivity contribution is 7.80. The molecule has 150 valence electrons. The fourth-order valence-corrected chi connectivity index (χ4v) is 5.85. The van der Waals surface area contributed by atoms with Crippen LogP contribution in [0.5, 0.6) is 5.75 Å². The molecule has 29 heavy (non-hydrogen) atoms. The molecule has 5 heteroatoms. The van der Waals surface area contributed by atoms with Gasteiger partial charge in [-0.1, -0.05) is 78.9 Å².